The van der Waals surface area contributed by atoms with Crippen LogP contribution in [-0.2, 0) is 0 Å². The minimum atomic E-state index is -0.566. The standard InChI is InChI=1S/C9H15N3O/c1-12(2)6-9(13)7-5-11-4-3-8(7)10/h3-5,9,13H,6H2,1-2H3,(H2,10,11). The Kier molecular flexibility index (Phi) is 3.22. The summed E-state index contributed by atoms with van der Waals surface area (Å²) in [5.41, 5.74) is 6.96. The zero-order valence-corrected chi connectivity index (χ0v) is 7.94. The number of pyridine rings is 1. The molecule has 1 rings (SSSR count). The van der Waals surface area contributed by atoms with Crippen LogP contribution in [0.1, 0.15) is 11.7 Å². The van der Waals surface area contributed by atoms with E-state index < -0.39 is 6.10 Å². The summed E-state index contributed by atoms with van der Waals surface area (Å²) < 4.78 is 0. The molecule has 0 amide bonds. The number of nitrogen functional groups attached to an aromatic ring is 1. The molecule has 1 aromatic rings. The molecule has 0 aliphatic heterocycles. The molecular weight excluding hydrogens is 166 g/mol. The Labute approximate surface area is 78.0 Å². The van der Waals surface area contributed by atoms with Gasteiger partial charge in [-0.3, -0.25) is 4.98 Å². The van der Waals surface area contributed by atoms with Gasteiger partial charge in [-0.05, 0) is 20.2 Å². The lowest BCUT2D eigenvalue weighted by molar-refractivity contribution is 0.139. The Morgan fingerprint density at radius 2 is 2.31 bits per heavy atom. The smallest absolute Gasteiger partial charge is 0.0951 e. The molecule has 1 unspecified atom stereocenters. The molecule has 1 heterocycles. The van der Waals surface area contributed by atoms with E-state index in [4.69, 9.17) is 5.73 Å². The van der Waals surface area contributed by atoms with Crippen LogP contribution in [0.2, 0.25) is 0 Å². The molecule has 13 heavy (non-hydrogen) atoms. The molecule has 0 bridgehead atoms. The van der Waals surface area contributed by atoms with Crippen LogP contribution in [-0.4, -0.2) is 35.6 Å². The molecule has 1 atom stereocenters. The molecular formula is C9H15N3O. The van der Waals surface area contributed by atoms with Gasteiger partial charge in [-0.25, -0.2) is 0 Å². The Hall–Kier alpha value is -1.13. The predicted molar refractivity (Wildman–Crippen MR) is 52.2 cm³/mol. The Balaban J connectivity index is 2.76. The molecule has 0 aliphatic rings. The van der Waals surface area contributed by atoms with Gasteiger partial charge in [0, 0.05) is 30.2 Å². The summed E-state index contributed by atoms with van der Waals surface area (Å²) in [6.45, 7) is 0.551. The molecule has 0 saturated heterocycles. The van der Waals surface area contributed by atoms with Crippen molar-refractivity contribution >= 4 is 5.69 Å². The fourth-order valence-electron chi connectivity index (χ4n) is 1.14. The van der Waals surface area contributed by atoms with Gasteiger partial charge in [0.15, 0.2) is 0 Å². The third-order valence-electron chi connectivity index (χ3n) is 1.78. The third kappa shape index (κ3) is 2.68. The summed E-state index contributed by atoms with van der Waals surface area (Å²) in [4.78, 5) is 5.82. The van der Waals surface area contributed by atoms with Gasteiger partial charge in [-0.2, -0.15) is 0 Å². The van der Waals surface area contributed by atoms with Gasteiger partial charge in [0.05, 0.1) is 6.10 Å². The molecule has 3 N–H and O–H groups in total. The molecule has 0 aromatic carbocycles. The van der Waals surface area contributed by atoms with E-state index in [2.05, 4.69) is 4.98 Å². The van der Waals surface area contributed by atoms with E-state index in [1.807, 2.05) is 19.0 Å². The maximum absolute atomic E-state index is 9.71. The van der Waals surface area contributed by atoms with Crippen LogP contribution >= 0.6 is 0 Å². The topological polar surface area (TPSA) is 62.4 Å². The number of likely N-dealkylation sites (N-methyl/N-ethyl adjacent to an activating group) is 1. The van der Waals surface area contributed by atoms with Gasteiger partial charge < -0.3 is 15.7 Å². The predicted octanol–water partition coefficient (Wildman–Crippen LogP) is 0.259. The van der Waals surface area contributed by atoms with Crippen molar-refractivity contribution in [2.45, 2.75) is 6.10 Å². The van der Waals surface area contributed by atoms with E-state index in [1.165, 1.54) is 0 Å². The van der Waals surface area contributed by atoms with Crippen LogP contribution in [0.4, 0.5) is 5.69 Å². The summed E-state index contributed by atoms with van der Waals surface area (Å²) in [5.74, 6) is 0. The lowest BCUT2D eigenvalue weighted by atomic mass is 10.1. The number of aliphatic hydroxyl groups excluding tert-OH is 1. The highest BCUT2D eigenvalue weighted by atomic mass is 16.3. The van der Waals surface area contributed by atoms with Crippen molar-refractivity contribution in [2.75, 3.05) is 26.4 Å². The van der Waals surface area contributed by atoms with Crippen molar-refractivity contribution in [2.24, 2.45) is 0 Å². The van der Waals surface area contributed by atoms with Gasteiger partial charge >= 0.3 is 0 Å². The van der Waals surface area contributed by atoms with Crippen LogP contribution in [0.25, 0.3) is 0 Å². The van der Waals surface area contributed by atoms with Crippen molar-refractivity contribution in [1.29, 1.82) is 0 Å². The number of hydrogen-bond acceptors (Lipinski definition) is 4. The molecule has 0 spiro atoms. The maximum atomic E-state index is 9.71. The number of aliphatic hydroxyl groups is 1. The molecule has 4 nitrogen and oxygen atoms in total. The number of nitrogens with two attached hydrogens (primary N) is 1. The van der Waals surface area contributed by atoms with Crippen LogP contribution in [0, 0.1) is 0 Å². The van der Waals surface area contributed by atoms with Crippen LogP contribution < -0.4 is 5.73 Å². The van der Waals surface area contributed by atoms with Gasteiger partial charge in [-0.15, -0.1) is 0 Å². The van der Waals surface area contributed by atoms with Crippen LogP contribution in [0.15, 0.2) is 18.5 Å². The number of hydrogen-bond donors (Lipinski definition) is 2. The number of nitrogens with zero attached hydrogens (tertiary/aromatic N) is 2. The third-order valence-corrected chi connectivity index (χ3v) is 1.78. The Morgan fingerprint density at radius 1 is 1.62 bits per heavy atom. The average molecular weight is 181 g/mol. The normalized spacial score (nSPS) is 13.2. The SMILES string of the molecule is CN(C)CC(O)c1cnccc1N. The Bertz CT molecular complexity index is 275. The van der Waals surface area contributed by atoms with E-state index in [-0.39, 0.29) is 0 Å². The van der Waals surface area contributed by atoms with E-state index in [0.717, 1.165) is 0 Å². The largest absolute Gasteiger partial charge is 0.398 e. The quantitative estimate of drug-likeness (QED) is 0.702. The first-order valence-corrected chi connectivity index (χ1v) is 4.13. The highest BCUT2D eigenvalue weighted by Crippen LogP contribution is 2.18. The molecule has 0 saturated carbocycles. The van der Waals surface area contributed by atoms with E-state index in [1.54, 1.807) is 18.5 Å². The fraction of sp³-hybridized carbons (Fsp3) is 0.444. The summed E-state index contributed by atoms with van der Waals surface area (Å²) in [7, 11) is 3.80. The first kappa shape index (κ1) is 9.95. The molecule has 0 fully saturated rings. The fourth-order valence-corrected chi connectivity index (χ4v) is 1.14. The molecule has 0 aliphatic carbocycles. The summed E-state index contributed by atoms with van der Waals surface area (Å²) in [6.07, 6.45) is 2.65. The maximum Gasteiger partial charge on any atom is 0.0951 e. The molecule has 4 heteroatoms. The number of aromatic nitrogens is 1. The molecule has 0 radical (unpaired) electrons. The first-order chi connectivity index (χ1) is 6.11. The monoisotopic (exact) mass is 181 g/mol. The zero-order valence-electron chi connectivity index (χ0n) is 7.94. The van der Waals surface area contributed by atoms with Gasteiger partial charge in [0.25, 0.3) is 0 Å². The van der Waals surface area contributed by atoms with Crippen molar-refractivity contribution in [3.63, 3.8) is 0 Å². The zero-order chi connectivity index (χ0) is 9.84. The number of rotatable bonds is 3. The highest BCUT2D eigenvalue weighted by Gasteiger charge is 2.11. The highest BCUT2D eigenvalue weighted by molar-refractivity contribution is 5.45. The minimum Gasteiger partial charge on any atom is -0.398 e. The van der Waals surface area contributed by atoms with Gasteiger partial charge in [0.1, 0.15) is 0 Å². The second-order valence-corrected chi connectivity index (χ2v) is 3.28. The van der Waals surface area contributed by atoms with Crippen molar-refractivity contribution in [3.05, 3.63) is 24.0 Å². The second kappa shape index (κ2) is 4.20. The van der Waals surface area contributed by atoms with Crippen molar-refractivity contribution < 1.29 is 5.11 Å². The minimum absolute atomic E-state index is 0.551. The van der Waals surface area contributed by atoms with E-state index in [9.17, 15) is 5.11 Å². The summed E-state index contributed by atoms with van der Waals surface area (Å²) in [6, 6.07) is 1.69. The molecule has 1 aromatic heterocycles. The van der Waals surface area contributed by atoms with Gasteiger partial charge in [-0.1, -0.05) is 0 Å². The van der Waals surface area contributed by atoms with Crippen molar-refractivity contribution in [3.8, 4) is 0 Å². The van der Waals surface area contributed by atoms with Crippen LogP contribution in [0.3, 0.4) is 0 Å². The first-order valence-electron chi connectivity index (χ1n) is 4.13. The van der Waals surface area contributed by atoms with E-state index >= 15 is 0 Å². The second-order valence-electron chi connectivity index (χ2n) is 3.28. The summed E-state index contributed by atoms with van der Waals surface area (Å²) >= 11 is 0. The van der Waals surface area contributed by atoms with E-state index in [0.29, 0.717) is 17.8 Å². The Morgan fingerprint density at radius 3 is 2.85 bits per heavy atom. The average Bonchev–Trinajstić information content (AvgIpc) is 2.03. The summed E-state index contributed by atoms with van der Waals surface area (Å²) in [5, 5.41) is 9.71. The van der Waals surface area contributed by atoms with Crippen molar-refractivity contribution in [1.82, 2.24) is 9.88 Å². The van der Waals surface area contributed by atoms with Gasteiger partial charge in [0.2, 0.25) is 0 Å². The molecule has 72 valence electrons. The lowest BCUT2D eigenvalue weighted by Gasteiger charge is -2.16. The number of anilines is 1. The van der Waals surface area contributed by atoms with Crippen LogP contribution in [0.5, 0.6) is 0 Å². The lowest BCUT2D eigenvalue weighted by Crippen LogP contribution is -2.20.